The summed E-state index contributed by atoms with van der Waals surface area (Å²) in [6.45, 7) is 4.97. The molecule has 3 rings (SSSR count). The fourth-order valence-electron chi connectivity index (χ4n) is 3.22. The molecule has 1 aliphatic carbocycles. The smallest absolute Gasteiger partial charge is 0.0210 e. The lowest BCUT2D eigenvalue weighted by atomic mass is 10.2. The van der Waals surface area contributed by atoms with Crippen molar-refractivity contribution in [3.63, 3.8) is 0 Å². The van der Waals surface area contributed by atoms with Crippen LogP contribution in [0.15, 0.2) is 0 Å². The molecular formula is C13H24N2S. The van der Waals surface area contributed by atoms with Gasteiger partial charge in [-0.15, -0.1) is 0 Å². The molecule has 0 spiro atoms. The Balaban J connectivity index is 1.42. The van der Waals surface area contributed by atoms with Crippen molar-refractivity contribution in [2.75, 3.05) is 18.8 Å². The fraction of sp³-hybridized carbons (Fsp3) is 1.00. The maximum Gasteiger partial charge on any atom is 0.0210 e. The van der Waals surface area contributed by atoms with Crippen molar-refractivity contribution in [2.45, 2.75) is 62.4 Å². The van der Waals surface area contributed by atoms with Gasteiger partial charge in [0.15, 0.2) is 0 Å². The van der Waals surface area contributed by atoms with E-state index in [0.717, 1.165) is 23.4 Å². The molecule has 92 valence electrons. The summed E-state index contributed by atoms with van der Waals surface area (Å²) in [7, 11) is 0. The average molecular weight is 240 g/mol. The second-order valence-corrected chi connectivity index (χ2v) is 7.16. The zero-order chi connectivity index (χ0) is 11.0. The van der Waals surface area contributed by atoms with Crippen LogP contribution in [-0.4, -0.2) is 47.1 Å². The van der Waals surface area contributed by atoms with Crippen molar-refractivity contribution in [3.05, 3.63) is 0 Å². The highest BCUT2D eigenvalue weighted by molar-refractivity contribution is 8.00. The molecule has 16 heavy (non-hydrogen) atoms. The standard InChI is InChI=1S/C13H24N2S/c1-10-7-11(9-15(10)12-4-5-12)14-8-13-3-2-6-16-13/h10-14H,2-9H2,1H3. The van der Waals surface area contributed by atoms with Gasteiger partial charge in [0.2, 0.25) is 0 Å². The van der Waals surface area contributed by atoms with Crippen LogP contribution in [0.2, 0.25) is 0 Å². The third-order valence-corrected chi connectivity index (χ3v) is 5.70. The lowest BCUT2D eigenvalue weighted by molar-refractivity contribution is 0.255. The van der Waals surface area contributed by atoms with Crippen molar-refractivity contribution in [2.24, 2.45) is 0 Å². The van der Waals surface area contributed by atoms with E-state index >= 15 is 0 Å². The van der Waals surface area contributed by atoms with E-state index in [-0.39, 0.29) is 0 Å². The Hall–Kier alpha value is 0.270. The predicted octanol–water partition coefficient (Wildman–Crippen LogP) is 2.10. The van der Waals surface area contributed by atoms with Crippen LogP contribution in [0, 0.1) is 0 Å². The van der Waals surface area contributed by atoms with Gasteiger partial charge in [-0.05, 0) is 44.8 Å². The predicted molar refractivity (Wildman–Crippen MR) is 71.1 cm³/mol. The van der Waals surface area contributed by atoms with Crippen molar-refractivity contribution in [1.29, 1.82) is 0 Å². The topological polar surface area (TPSA) is 15.3 Å². The molecule has 2 nitrogen and oxygen atoms in total. The Morgan fingerprint density at radius 2 is 2.19 bits per heavy atom. The minimum Gasteiger partial charge on any atom is -0.312 e. The summed E-state index contributed by atoms with van der Waals surface area (Å²) in [4.78, 5) is 2.74. The Morgan fingerprint density at radius 1 is 1.31 bits per heavy atom. The zero-order valence-electron chi connectivity index (χ0n) is 10.3. The van der Waals surface area contributed by atoms with Gasteiger partial charge >= 0.3 is 0 Å². The second-order valence-electron chi connectivity index (χ2n) is 5.75. The first-order valence-corrected chi connectivity index (χ1v) is 7.98. The first kappa shape index (κ1) is 11.4. The van der Waals surface area contributed by atoms with E-state index in [4.69, 9.17) is 0 Å². The molecule has 0 amide bonds. The minimum atomic E-state index is 0.775. The van der Waals surface area contributed by atoms with Crippen molar-refractivity contribution < 1.29 is 0 Å². The van der Waals surface area contributed by atoms with Crippen molar-refractivity contribution >= 4 is 11.8 Å². The lowest BCUT2D eigenvalue weighted by Crippen LogP contribution is -2.36. The molecule has 3 fully saturated rings. The van der Waals surface area contributed by atoms with E-state index in [1.807, 2.05) is 0 Å². The first-order chi connectivity index (χ1) is 7.83. The highest BCUT2D eigenvalue weighted by Gasteiger charge is 2.38. The van der Waals surface area contributed by atoms with E-state index in [1.54, 1.807) is 0 Å². The average Bonchev–Trinajstić information content (AvgIpc) is 2.85. The van der Waals surface area contributed by atoms with Gasteiger partial charge in [-0.1, -0.05) is 0 Å². The molecule has 0 aromatic carbocycles. The van der Waals surface area contributed by atoms with Crippen molar-refractivity contribution in [3.8, 4) is 0 Å². The van der Waals surface area contributed by atoms with Crippen LogP contribution < -0.4 is 5.32 Å². The maximum absolute atomic E-state index is 3.80. The SMILES string of the molecule is CC1CC(NCC2CCCS2)CN1C1CC1. The number of nitrogens with zero attached hydrogens (tertiary/aromatic N) is 1. The number of hydrogen-bond donors (Lipinski definition) is 1. The van der Waals surface area contributed by atoms with Crippen LogP contribution in [0.1, 0.15) is 39.0 Å². The maximum atomic E-state index is 3.80. The quantitative estimate of drug-likeness (QED) is 0.810. The summed E-state index contributed by atoms with van der Waals surface area (Å²) in [6.07, 6.45) is 7.15. The molecule has 0 aromatic heterocycles. The third kappa shape index (κ3) is 2.57. The molecule has 3 aliphatic rings. The van der Waals surface area contributed by atoms with Gasteiger partial charge in [-0.2, -0.15) is 11.8 Å². The largest absolute Gasteiger partial charge is 0.312 e. The molecule has 0 aromatic rings. The number of likely N-dealkylation sites (tertiary alicyclic amines) is 1. The van der Waals surface area contributed by atoms with Crippen LogP contribution in [-0.2, 0) is 0 Å². The fourth-order valence-corrected chi connectivity index (χ4v) is 4.44. The van der Waals surface area contributed by atoms with E-state index < -0.39 is 0 Å². The van der Waals surface area contributed by atoms with Gasteiger partial charge in [-0.25, -0.2) is 0 Å². The first-order valence-electron chi connectivity index (χ1n) is 6.93. The Morgan fingerprint density at radius 3 is 2.88 bits per heavy atom. The normalized spacial score (nSPS) is 40.7. The van der Waals surface area contributed by atoms with Gasteiger partial charge in [0, 0.05) is 36.5 Å². The number of hydrogen-bond acceptors (Lipinski definition) is 3. The molecule has 1 saturated carbocycles. The molecule has 2 aliphatic heterocycles. The van der Waals surface area contributed by atoms with Gasteiger partial charge in [0.25, 0.3) is 0 Å². The summed E-state index contributed by atoms with van der Waals surface area (Å²) in [6, 6.07) is 2.54. The molecule has 0 radical (unpaired) electrons. The third-order valence-electron chi connectivity index (χ3n) is 4.30. The molecule has 2 heterocycles. The summed E-state index contributed by atoms with van der Waals surface area (Å²) < 4.78 is 0. The van der Waals surface area contributed by atoms with E-state index in [0.29, 0.717) is 0 Å². The molecular weight excluding hydrogens is 216 g/mol. The lowest BCUT2D eigenvalue weighted by Gasteiger charge is -2.20. The summed E-state index contributed by atoms with van der Waals surface area (Å²) in [5.74, 6) is 1.39. The number of rotatable bonds is 4. The Kier molecular flexibility index (Phi) is 3.46. The van der Waals surface area contributed by atoms with Gasteiger partial charge in [-0.3, -0.25) is 4.90 Å². The molecule has 1 N–H and O–H groups in total. The van der Waals surface area contributed by atoms with Crippen LogP contribution in [0.3, 0.4) is 0 Å². The van der Waals surface area contributed by atoms with E-state index in [2.05, 4.69) is 28.9 Å². The number of thioether (sulfide) groups is 1. The van der Waals surface area contributed by atoms with Crippen molar-refractivity contribution in [1.82, 2.24) is 10.2 Å². The zero-order valence-corrected chi connectivity index (χ0v) is 11.1. The van der Waals surface area contributed by atoms with Crippen LogP contribution in [0.5, 0.6) is 0 Å². The van der Waals surface area contributed by atoms with Crippen LogP contribution >= 0.6 is 11.8 Å². The highest BCUT2D eigenvalue weighted by atomic mass is 32.2. The van der Waals surface area contributed by atoms with Crippen LogP contribution in [0.4, 0.5) is 0 Å². The van der Waals surface area contributed by atoms with Crippen LogP contribution in [0.25, 0.3) is 0 Å². The Bertz CT molecular complexity index is 236. The molecule has 2 saturated heterocycles. The monoisotopic (exact) mass is 240 g/mol. The number of nitrogens with one attached hydrogen (secondary N) is 1. The van der Waals surface area contributed by atoms with E-state index in [9.17, 15) is 0 Å². The van der Waals surface area contributed by atoms with E-state index in [1.165, 1.54) is 50.9 Å². The summed E-state index contributed by atoms with van der Waals surface area (Å²) in [5, 5.41) is 4.71. The summed E-state index contributed by atoms with van der Waals surface area (Å²) in [5.41, 5.74) is 0. The highest BCUT2D eigenvalue weighted by Crippen LogP contribution is 2.33. The summed E-state index contributed by atoms with van der Waals surface area (Å²) >= 11 is 2.17. The molecule has 0 bridgehead atoms. The molecule has 3 heteroatoms. The van der Waals surface area contributed by atoms with Gasteiger partial charge < -0.3 is 5.32 Å². The van der Waals surface area contributed by atoms with Gasteiger partial charge in [0.1, 0.15) is 0 Å². The van der Waals surface area contributed by atoms with Gasteiger partial charge in [0.05, 0.1) is 0 Å². The minimum absolute atomic E-state index is 0.775. The Labute approximate surface area is 104 Å². The molecule has 3 unspecified atom stereocenters. The second kappa shape index (κ2) is 4.87. The molecule has 3 atom stereocenters.